The van der Waals surface area contributed by atoms with Gasteiger partial charge in [-0.05, 0) is 62.4 Å². The molecule has 7 heteroatoms. The van der Waals surface area contributed by atoms with Gasteiger partial charge in [0.1, 0.15) is 0 Å². The first-order valence-electron chi connectivity index (χ1n) is 10.7. The van der Waals surface area contributed by atoms with Crippen molar-refractivity contribution >= 4 is 20.3 Å². The number of benzene rings is 1. The molecule has 2 unspecified atom stereocenters. The summed E-state index contributed by atoms with van der Waals surface area (Å²) in [6, 6.07) is 6.80. The minimum Gasteiger partial charge on any atom is -0.493 e. The number of nitrogens with one attached hydrogen (secondary N) is 1. The number of amides is 1. The van der Waals surface area contributed by atoms with Crippen molar-refractivity contribution in [3.63, 3.8) is 0 Å². The summed E-state index contributed by atoms with van der Waals surface area (Å²) in [7, 11) is 3.70. The molecule has 1 aromatic rings. The summed E-state index contributed by atoms with van der Waals surface area (Å²) in [6.07, 6.45) is 7.31. The number of ether oxygens (including phenoxy) is 2. The van der Waals surface area contributed by atoms with Crippen LogP contribution in [0.4, 0.5) is 0 Å². The van der Waals surface area contributed by atoms with Crippen molar-refractivity contribution < 1.29 is 14.3 Å². The summed E-state index contributed by atoms with van der Waals surface area (Å²) < 4.78 is 10.8. The molecular weight excluding hydrogens is 409 g/mol. The summed E-state index contributed by atoms with van der Waals surface area (Å²) >= 11 is 0. The highest BCUT2D eigenvalue weighted by Gasteiger charge is 2.28. The molecule has 0 radical (unpaired) electrons. The van der Waals surface area contributed by atoms with Crippen LogP contribution in [0.5, 0.6) is 11.5 Å². The maximum absolute atomic E-state index is 12.0. The van der Waals surface area contributed by atoms with Gasteiger partial charge in [-0.2, -0.15) is 0 Å². The highest BCUT2D eigenvalue weighted by molar-refractivity contribution is 7.51. The Labute approximate surface area is 187 Å². The molecule has 6 nitrogen and oxygen atoms in total. The molecule has 0 bridgehead atoms. The molecule has 2 heterocycles. The van der Waals surface area contributed by atoms with Gasteiger partial charge in [0.2, 0.25) is 6.41 Å². The second kappa shape index (κ2) is 10.3. The SMILES string of the molecule is C/C=C(\PC1C(C)=CC(N2C[C@@H](C)N[C@@H](C)C2)=CN1C=O)c1ccc(OC)c(OC)c1. The van der Waals surface area contributed by atoms with Gasteiger partial charge >= 0.3 is 0 Å². The maximum Gasteiger partial charge on any atom is 0.214 e. The summed E-state index contributed by atoms with van der Waals surface area (Å²) in [5, 5.41) is 4.75. The van der Waals surface area contributed by atoms with E-state index in [-0.39, 0.29) is 5.78 Å². The van der Waals surface area contributed by atoms with Crippen LogP contribution < -0.4 is 14.8 Å². The van der Waals surface area contributed by atoms with Gasteiger partial charge < -0.3 is 24.6 Å². The van der Waals surface area contributed by atoms with Crippen LogP contribution >= 0.6 is 8.58 Å². The van der Waals surface area contributed by atoms with E-state index in [9.17, 15) is 4.79 Å². The molecule has 0 saturated carbocycles. The van der Waals surface area contributed by atoms with Gasteiger partial charge in [-0.25, -0.2) is 0 Å². The molecule has 2 aliphatic rings. The van der Waals surface area contributed by atoms with Gasteiger partial charge in [-0.1, -0.05) is 20.7 Å². The molecule has 3 rings (SSSR count). The van der Waals surface area contributed by atoms with Crippen LogP contribution in [-0.4, -0.2) is 61.4 Å². The Morgan fingerprint density at radius 2 is 1.84 bits per heavy atom. The van der Waals surface area contributed by atoms with Crippen molar-refractivity contribution in [2.75, 3.05) is 27.3 Å². The Morgan fingerprint density at radius 1 is 1.16 bits per heavy atom. The lowest BCUT2D eigenvalue weighted by Gasteiger charge is -2.41. The minimum atomic E-state index is 0.0123. The number of rotatable bonds is 7. The lowest BCUT2D eigenvalue weighted by Crippen LogP contribution is -2.54. The molecule has 0 aliphatic carbocycles. The normalized spacial score (nSPS) is 24.8. The van der Waals surface area contributed by atoms with Crippen LogP contribution in [0.25, 0.3) is 5.31 Å². The number of carbonyl (C=O) groups excluding carboxylic acids is 1. The van der Waals surface area contributed by atoms with Crippen molar-refractivity contribution in [1.29, 1.82) is 0 Å². The molecule has 1 aromatic carbocycles. The van der Waals surface area contributed by atoms with E-state index in [1.807, 2.05) is 36.2 Å². The number of hydrogen-bond acceptors (Lipinski definition) is 5. The Hall–Kier alpha value is -2.30. The number of nitrogens with zero attached hydrogens (tertiary/aromatic N) is 2. The quantitative estimate of drug-likeness (QED) is 0.510. The Morgan fingerprint density at radius 3 is 2.42 bits per heavy atom. The van der Waals surface area contributed by atoms with Gasteiger partial charge in [-0.3, -0.25) is 4.79 Å². The number of allylic oxidation sites excluding steroid dienone is 2. The van der Waals surface area contributed by atoms with E-state index in [0.29, 0.717) is 32.2 Å². The third-order valence-electron chi connectivity index (χ3n) is 5.71. The van der Waals surface area contributed by atoms with Gasteiger partial charge in [0.15, 0.2) is 11.5 Å². The molecule has 1 N–H and O–H groups in total. The van der Waals surface area contributed by atoms with Crippen LogP contribution in [0, 0.1) is 0 Å². The molecular formula is C24H34N3O3P. The molecule has 0 spiro atoms. The predicted molar refractivity (Wildman–Crippen MR) is 129 cm³/mol. The molecule has 4 atom stereocenters. The van der Waals surface area contributed by atoms with Crippen LogP contribution in [0.3, 0.4) is 0 Å². The fourth-order valence-corrected chi connectivity index (χ4v) is 5.67. The zero-order valence-corrected chi connectivity index (χ0v) is 20.3. The van der Waals surface area contributed by atoms with E-state index in [0.717, 1.165) is 30.8 Å². The van der Waals surface area contributed by atoms with Crippen LogP contribution in [-0.2, 0) is 4.79 Å². The Balaban J connectivity index is 1.82. The van der Waals surface area contributed by atoms with Crippen molar-refractivity contribution in [1.82, 2.24) is 15.1 Å². The van der Waals surface area contributed by atoms with Gasteiger partial charge in [-0.15, -0.1) is 0 Å². The summed E-state index contributed by atoms with van der Waals surface area (Å²) in [4.78, 5) is 16.2. The fourth-order valence-electron chi connectivity index (χ4n) is 4.29. The van der Waals surface area contributed by atoms with Crippen molar-refractivity contribution in [3.05, 3.63) is 53.4 Å². The second-order valence-corrected chi connectivity index (χ2v) is 9.56. The highest BCUT2D eigenvalue weighted by Crippen LogP contribution is 2.45. The highest BCUT2D eigenvalue weighted by atomic mass is 31.1. The third-order valence-corrected chi connectivity index (χ3v) is 7.62. The molecule has 1 fully saturated rings. The second-order valence-electron chi connectivity index (χ2n) is 8.19. The molecule has 0 aromatic heterocycles. The number of hydrogen-bond donors (Lipinski definition) is 1. The summed E-state index contributed by atoms with van der Waals surface area (Å²) in [5.41, 5.74) is 3.39. The van der Waals surface area contributed by atoms with E-state index in [1.165, 1.54) is 10.9 Å². The number of carbonyl (C=O) groups is 1. The van der Waals surface area contributed by atoms with E-state index in [1.54, 1.807) is 14.2 Å². The Bertz CT molecular complexity index is 886. The van der Waals surface area contributed by atoms with E-state index in [4.69, 9.17) is 9.47 Å². The first kappa shape index (κ1) is 23.4. The first-order valence-corrected chi connectivity index (χ1v) is 11.8. The Kier molecular flexibility index (Phi) is 7.79. The summed E-state index contributed by atoms with van der Waals surface area (Å²) in [6.45, 7) is 10.4. The average molecular weight is 444 g/mol. The van der Waals surface area contributed by atoms with Crippen molar-refractivity contribution in [2.45, 2.75) is 45.6 Å². The lowest BCUT2D eigenvalue weighted by molar-refractivity contribution is -0.116. The predicted octanol–water partition coefficient (Wildman–Crippen LogP) is 4.01. The van der Waals surface area contributed by atoms with Crippen molar-refractivity contribution in [3.8, 4) is 11.5 Å². The molecule has 1 amide bonds. The maximum atomic E-state index is 12.0. The monoisotopic (exact) mass is 443 g/mol. The molecule has 1 saturated heterocycles. The van der Waals surface area contributed by atoms with Crippen LogP contribution in [0.2, 0.25) is 0 Å². The van der Waals surface area contributed by atoms with Gasteiger partial charge in [0.25, 0.3) is 0 Å². The van der Waals surface area contributed by atoms with Crippen LogP contribution in [0.1, 0.15) is 33.3 Å². The standard InChI is InChI=1S/C24H34N3O3P/c1-7-23(19-8-9-21(29-5)22(11-19)30-6)31-24-16(2)10-20(14-27(24)15-28)26-12-17(3)25-18(4)13-26/h7-11,14-15,17-18,24-25,31H,12-13H2,1-6H3/b23-7-/t17-,18+,24?. The molecule has 168 valence electrons. The number of piperazine rings is 1. The third kappa shape index (κ3) is 5.31. The van der Waals surface area contributed by atoms with E-state index < -0.39 is 0 Å². The molecule has 2 aliphatic heterocycles. The topological polar surface area (TPSA) is 54.0 Å². The van der Waals surface area contributed by atoms with Crippen molar-refractivity contribution in [2.24, 2.45) is 0 Å². The average Bonchev–Trinajstić information content (AvgIpc) is 2.76. The minimum absolute atomic E-state index is 0.0123. The van der Waals surface area contributed by atoms with E-state index in [2.05, 4.69) is 43.1 Å². The fraction of sp³-hybridized carbons (Fsp3) is 0.458. The zero-order chi connectivity index (χ0) is 22.5. The number of methoxy groups -OCH3 is 2. The largest absolute Gasteiger partial charge is 0.493 e. The first-order chi connectivity index (χ1) is 14.9. The summed E-state index contributed by atoms with van der Waals surface area (Å²) in [5.74, 6) is 1.43. The zero-order valence-electron chi connectivity index (χ0n) is 19.3. The van der Waals surface area contributed by atoms with Gasteiger partial charge in [0.05, 0.1) is 25.7 Å². The van der Waals surface area contributed by atoms with Crippen LogP contribution in [0.15, 0.2) is 47.8 Å². The molecule has 31 heavy (non-hydrogen) atoms. The lowest BCUT2D eigenvalue weighted by atomic mass is 10.1. The van der Waals surface area contributed by atoms with E-state index >= 15 is 0 Å². The van der Waals surface area contributed by atoms with Gasteiger partial charge in [0, 0.05) is 31.4 Å². The smallest absolute Gasteiger partial charge is 0.214 e.